The minimum absolute atomic E-state index is 0.0190. The van der Waals surface area contributed by atoms with Crippen molar-refractivity contribution in [1.29, 1.82) is 0 Å². The van der Waals surface area contributed by atoms with E-state index in [1.54, 1.807) is 6.20 Å². The number of carbonyl (C=O) groups is 1. The fourth-order valence-electron chi connectivity index (χ4n) is 3.26. The number of nitrogens with zero attached hydrogens (tertiary/aromatic N) is 1. The summed E-state index contributed by atoms with van der Waals surface area (Å²) in [6.07, 6.45) is 2.87. The van der Waals surface area contributed by atoms with Crippen LogP contribution in [-0.4, -0.2) is 34.8 Å². The van der Waals surface area contributed by atoms with Gasteiger partial charge in [-0.15, -0.1) is 0 Å². The highest BCUT2D eigenvalue weighted by Crippen LogP contribution is 2.29. The number of rotatable bonds is 6. The Morgan fingerprint density at radius 3 is 2.65 bits per heavy atom. The Labute approximate surface area is 154 Å². The number of aliphatic hydroxyl groups excluding tert-OH is 1. The van der Waals surface area contributed by atoms with Gasteiger partial charge in [0.15, 0.2) is 0 Å². The number of nitrogens with one attached hydrogen (secondary N) is 1. The molecule has 1 amide bonds. The number of hydrogen-bond acceptors (Lipinski definition) is 4. The molecule has 1 aliphatic carbocycles. The average Bonchev–Trinajstić information content (AvgIpc) is 2.97. The second-order valence-corrected chi connectivity index (χ2v) is 7.09. The molecule has 3 atom stereocenters. The molecule has 1 aromatic carbocycles. The second-order valence-electron chi connectivity index (χ2n) is 7.09. The molecule has 0 aliphatic heterocycles. The Hall–Kier alpha value is -2.40. The highest BCUT2D eigenvalue weighted by molar-refractivity contribution is 5.78. The van der Waals surface area contributed by atoms with E-state index in [9.17, 15) is 9.90 Å². The zero-order valence-corrected chi connectivity index (χ0v) is 15.3. The first-order chi connectivity index (χ1) is 12.5. The van der Waals surface area contributed by atoms with Gasteiger partial charge < -0.3 is 15.2 Å². The van der Waals surface area contributed by atoms with Crippen molar-refractivity contribution in [2.24, 2.45) is 5.92 Å². The number of aryl methyl sites for hydroxylation is 2. The first-order valence-electron chi connectivity index (χ1n) is 9.11. The smallest absolute Gasteiger partial charge is 0.224 e. The van der Waals surface area contributed by atoms with Crippen LogP contribution in [0.5, 0.6) is 5.75 Å². The maximum absolute atomic E-state index is 12.1. The Balaban J connectivity index is 1.46. The standard InChI is InChI=1S/C21H26N2O3/c1-14-3-8-18(9-4-14)26-19-10-7-17(21(19)25)13-23-20(24)11-16-6-5-15(2)22-12-16/h3-6,8-9,12,17,19,21,25H,7,10-11,13H2,1-2H3,(H,23,24)/t17-,19-,21-/m1/s1. The molecule has 0 unspecified atom stereocenters. The van der Waals surface area contributed by atoms with E-state index in [4.69, 9.17) is 4.74 Å². The molecule has 5 heteroatoms. The summed E-state index contributed by atoms with van der Waals surface area (Å²) in [5.41, 5.74) is 3.00. The third-order valence-corrected chi connectivity index (χ3v) is 4.89. The minimum atomic E-state index is -0.572. The van der Waals surface area contributed by atoms with Crippen LogP contribution in [0.1, 0.15) is 29.7 Å². The summed E-state index contributed by atoms with van der Waals surface area (Å²) in [4.78, 5) is 16.3. The quantitative estimate of drug-likeness (QED) is 0.836. The van der Waals surface area contributed by atoms with Crippen LogP contribution >= 0.6 is 0 Å². The molecule has 5 nitrogen and oxygen atoms in total. The van der Waals surface area contributed by atoms with Crippen molar-refractivity contribution in [3.63, 3.8) is 0 Å². The molecule has 3 rings (SSSR count). The zero-order chi connectivity index (χ0) is 18.5. The largest absolute Gasteiger partial charge is 0.488 e. The highest BCUT2D eigenvalue weighted by Gasteiger charge is 2.36. The summed E-state index contributed by atoms with van der Waals surface area (Å²) in [6.45, 7) is 4.41. The number of ether oxygens (including phenoxy) is 1. The predicted octanol–water partition coefficient (Wildman–Crippen LogP) is 2.58. The summed E-state index contributed by atoms with van der Waals surface area (Å²) in [7, 11) is 0. The van der Waals surface area contributed by atoms with E-state index in [1.807, 2.05) is 50.2 Å². The molecule has 1 heterocycles. The van der Waals surface area contributed by atoms with Crippen LogP contribution < -0.4 is 10.1 Å². The minimum Gasteiger partial charge on any atom is -0.488 e. The monoisotopic (exact) mass is 354 g/mol. The molecule has 0 radical (unpaired) electrons. The van der Waals surface area contributed by atoms with E-state index in [2.05, 4.69) is 10.3 Å². The van der Waals surface area contributed by atoms with Gasteiger partial charge in [0.05, 0.1) is 12.5 Å². The lowest BCUT2D eigenvalue weighted by Gasteiger charge is -2.21. The number of amides is 1. The van der Waals surface area contributed by atoms with Crippen molar-refractivity contribution in [2.45, 2.75) is 45.3 Å². The summed E-state index contributed by atoms with van der Waals surface area (Å²) in [5.74, 6) is 0.743. The third-order valence-electron chi connectivity index (χ3n) is 4.89. The first kappa shape index (κ1) is 18.4. The molecular weight excluding hydrogens is 328 g/mol. The number of pyridine rings is 1. The normalized spacial score (nSPS) is 22.2. The summed E-state index contributed by atoms with van der Waals surface area (Å²) in [6, 6.07) is 11.6. The molecule has 1 aromatic heterocycles. The summed E-state index contributed by atoms with van der Waals surface area (Å²) < 4.78 is 5.92. The van der Waals surface area contributed by atoms with Crippen LogP contribution in [0.25, 0.3) is 0 Å². The number of aliphatic hydroxyl groups is 1. The van der Waals surface area contributed by atoms with Crippen molar-refractivity contribution >= 4 is 5.91 Å². The lowest BCUT2D eigenvalue weighted by molar-refractivity contribution is -0.120. The summed E-state index contributed by atoms with van der Waals surface area (Å²) in [5, 5.41) is 13.4. The van der Waals surface area contributed by atoms with Crippen LogP contribution in [0.3, 0.4) is 0 Å². The molecule has 138 valence electrons. The fourth-order valence-corrected chi connectivity index (χ4v) is 3.26. The fraction of sp³-hybridized carbons (Fsp3) is 0.429. The third kappa shape index (κ3) is 4.82. The number of carbonyl (C=O) groups excluding carboxylic acids is 1. The van der Waals surface area contributed by atoms with E-state index in [0.29, 0.717) is 13.0 Å². The zero-order valence-electron chi connectivity index (χ0n) is 15.3. The van der Waals surface area contributed by atoms with Crippen molar-refractivity contribution < 1.29 is 14.6 Å². The van der Waals surface area contributed by atoms with Crippen molar-refractivity contribution in [3.8, 4) is 5.75 Å². The molecule has 2 N–H and O–H groups in total. The molecule has 0 saturated heterocycles. The van der Waals surface area contributed by atoms with Crippen LogP contribution in [0.4, 0.5) is 0 Å². The Morgan fingerprint density at radius 1 is 1.19 bits per heavy atom. The molecule has 1 aliphatic rings. The van der Waals surface area contributed by atoms with Gasteiger partial charge in [-0.05, 0) is 50.5 Å². The molecule has 1 fully saturated rings. The molecular formula is C21H26N2O3. The van der Waals surface area contributed by atoms with Gasteiger partial charge in [-0.1, -0.05) is 23.8 Å². The average molecular weight is 354 g/mol. The second kappa shape index (κ2) is 8.32. The van der Waals surface area contributed by atoms with Gasteiger partial charge in [-0.2, -0.15) is 0 Å². The molecule has 0 spiro atoms. The summed E-state index contributed by atoms with van der Waals surface area (Å²) >= 11 is 0. The number of hydrogen-bond donors (Lipinski definition) is 2. The predicted molar refractivity (Wildman–Crippen MR) is 100 cm³/mol. The van der Waals surface area contributed by atoms with E-state index in [1.165, 1.54) is 5.56 Å². The maximum atomic E-state index is 12.1. The topological polar surface area (TPSA) is 71.5 Å². The molecule has 0 bridgehead atoms. The lowest BCUT2D eigenvalue weighted by atomic mass is 10.1. The van der Waals surface area contributed by atoms with E-state index in [-0.39, 0.29) is 17.9 Å². The van der Waals surface area contributed by atoms with Gasteiger partial charge in [0.1, 0.15) is 11.9 Å². The van der Waals surface area contributed by atoms with E-state index < -0.39 is 6.10 Å². The maximum Gasteiger partial charge on any atom is 0.224 e. The van der Waals surface area contributed by atoms with Gasteiger partial charge in [0.2, 0.25) is 5.91 Å². The van der Waals surface area contributed by atoms with Crippen molar-refractivity contribution in [3.05, 3.63) is 59.4 Å². The molecule has 2 aromatic rings. The van der Waals surface area contributed by atoms with Crippen LogP contribution in [0.2, 0.25) is 0 Å². The van der Waals surface area contributed by atoms with Gasteiger partial charge in [0, 0.05) is 24.4 Å². The van der Waals surface area contributed by atoms with Gasteiger partial charge in [0.25, 0.3) is 0 Å². The number of aromatic nitrogens is 1. The van der Waals surface area contributed by atoms with Gasteiger partial charge in [-0.3, -0.25) is 9.78 Å². The first-order valence-corrected chi connectivity index (χ1v) is 9.11. The van der Waals surface area contributed by atoms with Crippen LogP contribution in [0, 0.1) is 19.8 Å². The lowest BCUT2D eigenvalue weighted by Crippen LogP contribution is -2.37. The number of benzene rings is 1. The Kier molecular flexibility index (Phi) is 5.89. The van der Waals surface area contributed by atoms with Crippen LogP contribution in [0.15, 0.2) is 42.6 Å². The molecule has 1 saturated carbocycles. The van der Waals surface area contributed by atoms with Crippen molar-refractivity contribution in [1.82, 2.24) is 10.3 Å². The van der Waals surface area contributed by atoms with Crippen molar-refractivity contribution in [2.75, 3.05) is 6.54 Å². The van der Waals surface area contributed by atoms with E-state index >= 15 is 0 Å². The Bertz CT molecular complexity index is 728. The van der Waals surface area contributed by atoms with Gasteiger partial charge >= 0.3 is 0 Å². The van der Waals surface area contributed by atoms with Gasteiger partial charge in [-0.25, -0.2) is 0 Å². The Morgan fingerprint density at radius 2 is 1.96 bits per heavy atom. The molecule has 26 heavy (non-hydrogen) atoms. The SMILES string of the molecule is Cc1ccc(O[C@@H]2CC[C@H](CNC(=O)Cc3ccc(C)nc3)[C@H]2O)cc1. The highest BCUT2D eigenvalue weighted by atomic mass is 16.5. The van der Waals surface area contributed by atoms with Crippen LogP contribution in [-0.2, 0) is 11.2 Å². The van der Waals surface area contributed by atoms with E-state index in [0.717, 1.165) is 29.8 Å².